The van der Waals surface area contributed by atoms with Crippen LogP contribution >= 0.6 is 11.6 Å². The van der Waals surface area contributed by atoms with Gasteiger partial charge in [-0.2, -0.15) is 4.39 Å². The van der Waals surface area contributed by atoms with Crippen LogP contribution < -0.4 is 0 Å². The summed E-state index contributed by atoms with van der Waals surface area (Å²) < 4.78 is 23.4. The molecule has 70 valence electrons. The van der Waals surface area contributed by atoms with Gasteiger partial charge in [0.15, 0.2) is 6.29 Å². The second-order valence-electron chi connectivity index (χ2n) is 2.57. The summed E-state index contributed by atoms with van der Waals surface area (Å²) >= 11 is 5.77. The van der Waals surface area contributed by atoms with Crippen molar-refractivity contribution in [1.29, 1.82) is 0 Å². The first-order valence-electron chi connectivity index (χ1n) is 3.82. The second kappa shape index (κ2) is 3.57. The fourth-order valence-corrected chi connectivity index (χ4v) is 1.38. The zero-order valence-corrected chi connectivity index (χ0v) is 7.42. The summed E-state index contributed by atoms with van der Waals surface area (Å²) in [6.07, 6.45) is 0.594. The third kappa shape index (κ3) is 1.65. The number of halogens is 2. The molecule has 0 atom stereocenters. The van der Waals surface area contributed by atoms with E-state index in [9.17, 15) is 4.39 Å². The van der Waals surface area contributed by atoms with Gasteiger partial charge in [0.05, 0.1) is 23.8 Å². The van der Waals surface area contributed by atoms with Crippen molar-refractivity contribution in [2.45, 2.75) is 6.29 Å². The molecular weight excluding hydrogens is 197 g/mol. The maximum atomic E-state index is 13.1. The number of pyridine rings is 1. The van der Waals surface area contributed by atoms with Gasteiger partial charge in [0.2, 0.25) is 5.95 Å². The largest absolute Gasteiger partial charge is 0.346 e. The summed E-state index contributed by atoms with van der Waals surface area (Å²) in [5, 5.41) is 0.277. The van der Waals surface area contributed by atoms with Crippen LogP contribution in [0, 0.1) is 5.95 Å². The van der Waals surface area contributed by atoms with Crippen molar-refractivity contribution < 1.29 is 13.9 Å². The van der Waals surface area contributed by atoms with E-state index in [0.717, 1.165) is 0 Å². The Morgan fingerprint density at radius 1 is 1.46 bits per heavy atom. The number of rotatable bonds is 1. The van der Waals surface area contributed by atoms with Gasteiger partial charge in [-0.25, -0.2) is 4.98 Å². The minimum absolute atomic E-state index is 0.182. The van der Waals surface area contributed by atoms with Gasteiger partial charge in [0, 0.05) is 6.20 Å². The fourth-order valence-electron chi connectivity index (χ4n) is 1.16. The predicted octanol–water partition coefficient (Wildman–Crippen LogP) is 1.92. The Kier molecular flexibility index (Phi) is 2.44. The van der Waals surface area contributed by atoms with Gasteiger partial charge in [-0.1, -0.05) is 11.6 Å². The highest BCUT2D eigenvalue weighted by Gasteiger charge is 2.24. The van der Waals surface area contributed by atoms with Crippen molar-refractivity contribution in [2.75, 3.05) is 13.2 Å². The standard InChI is InChI=1S/C8H7ClFNO2/c9-5-1-2-11-7(10)6(5)8-12-3-4-13-8/h1-2,8H,3-4H2. The van der Waals surface area contributed by atoms with E-state index < -0.39 is 12.2 Å². The maximum Gasteiger partial charge on any atom is 0.222 e. The van der Waals surface area contributed by atoms with Crippen LogP contribution in [0.3, 0.4) is 0 Å². The monoisotopic (exact) mass is 203 g/mol. The quantitative estimate of drug-likeness (QED) is 0.654. The SMILES string of the molecule is Fc1nccc(Cl)c1C1OCCO1. The Bertz CT molecular complexity index is 295. The first kappa shape index (κ1) is 8.87. The molecular formula is C8H7ClFNO2. The van der Waals surface area contributed by atoms with Crippen LogP contribution in [0.4, 0.5) is 4.39 Å². The van der Waals surface area contributed by atoms with Crippen molar-refractivity contribution in [3.63, 3.8) is 0 Å². The average Bonchev–Trinajstić information content (AvgIpc) is 2.57. The molecule has 2 heterocycles. The van der Waals surface area contributed by atoms with Gasteiger partial charge in [0.1, 0.15) is 0 Å². The normalized spacial score (nSPS) is 18.0. The molecule has 1 aliphatic rings. The van der Waals surface area contributed by atoms with Crippen molar-refractivity contribution in [3.8, 4) is 0 Å². The molecule has 1 aromatic rings. The third-order valence-corrected chi connectivity index (χ3v) is 2.08. The molecule has 13 heavy (non-hydrogen) atoms. The molecule has 3 nitrogen and oxygen atoms in total. The Morgan fingerprint density at radius 2 is 2.15 bits per heavy atom. The summed E-state index contributed by atoms with van der Waals surface area (Å²) in [7, 11) is 0. The molecule has 1 aromatic heterocycles. The van der Waals surface area contributed by atoms with Crippen LogP contribution in [0.25, 0.3) is 0 Å². The van der Waals surface area contributed by atoms with Gasteiger partial charge in [0.25, 0.3) is 0 Å². The molecule has 2 rings (SSSR count). The van der Waals surface area contributed by atoms with E-state index in [2.05, 4.69) is 4.98 Å². The maximum absolute atomic E-state index is 13.1. The second-order valence-corrected chi connectivity index (χ2v) is 2.98. The fraction of sp³-hybridized carbons (Fsp3) is 0.375. The van der Waals surface area contributed by atoms with Crippen LogP contribution in [-0.2, 0) is 9.47 Å². The lowest BCUT2D eigenvalue weighted by Crippen LogP contribution is -2.03. The van der Waals surface area contributed by atoms with E-state index in [0.29, 0.717) is 13.2 Å². The van der Waals surface area contributed by atoms with Crippen LogP contribution in [0.2, 0.25) is 5.02 Å². The number of ether oxygens (including phenoxy) is 2. The van der Waals surface area contributed by atoms with Crippen molar-refractivity contribution in [1.82, 2.24) is 4.98 Å². The molecule has 0 aliphatic carbocycles. The summed E-state index contributed by atoms with van der Waals surface area (Å²) in [6, 6.07) is 1.50. The van der Waals surface area contributed by atoms with Gasteiger partial charge in [-0.15, -0.1) is 0 Å². The number of hydrogen-bond donors (Lipinski definition) is 0. The highest BCUT2D eigenvalue weighted by molar-refractivity contribution is 6.31. The first-order chi connectivity index (χ1) is 6.29. The van der Waals surface area contributed by atoms with E-state index >= 15 is 0 Å². The van der Waals surface area contributed by atoms with Gasteiger partial charge in [-0.05, 0) is 6.07 Å². The topological polar surface area (TPSA) is 31.4 Å². The number of hydrogen-bond acceptors (Lipinski definition) is 3. The summed E-state index contributed by atoms with van der Waals surface area (Å²) in [6.45, 7) is 0.907. The number of aromatic nitrogens is 1. The van der Waals surface area contributed by atoms with Crippen LogP contribution in [-0.4, -0.2) is 18.2 Å². The van der Waals surface area contributed by atoms with Crippen molar-refractivity contribution in [3.05, 3.63) is 28.8 Å². The first-order valence-corrected chi connectivity index (χ1v) is 4.20. The molecule has 1 fully saturated rings. The summed E-state index contributed by atoms with van der Waals surface area (Å²) in [5.74, 6) is -0.639. The van der Waals surface area contributed by atoms with E-state index in [1.807, 2.05) is 0 Å². The van der Waals surface area contributed by atoms with E-state index in [1.165, 1.54) is 12.3 Å². The molecule has 0 aromatic carbocycles. The zero-order chi connectivity index (χ0) is 9.26. The van der Waals surface area contributed by atoms with Crippen LogP contribution in [0.15, 0.2) is 12.3 Å². The van der Waals surface area contributed by atoms with E-state index in [4.69, 9.17) is 21.1 Å². The third-order valence-electron chi connectivity index (χ3n) is 1.75. The Balaban J connectivity index is 2.37. The number of nitrogens with zero attached hydrogens (tertiary/aromatic N) is 1. The zero-order valence-electron chi connectivity index (χ0n) is 6.67. The molecule has 0 amide bonds. The van der Waals surface area contributed by atoms with Gasteiger partial charge < -0.3 is 9.47 Å². The predicted molar refractivity (Wildman–Crippen MR) is 43.9 cm³/mol. The summed E-state index contributed by atoms with van der Waals surface area (Å²) in [5.41, 5.74) is 0.182. The van der Waals surface area contributed by atoms with Crippen molar-refractivity contribution >= 4 is 11.6 Å². The van der Waals surface area contributed by atoms with E-state index in [-0.39, 0.29) is 10.6 Å². The van der Waals surface area contributed by atoms with Crippen LogP contribution in [0.1, 0.15) is 11.9 Å². The summed E-state index contributed by atoms with van der Waals surface area (Å²) in [4.78, 5) is 3.47. The molecule has 0 saturated carbocycles. The van der Waals surface area contributed by atoms with Gasteiger partial charge in [-0.3, -0.25) is 0 Å². The smallest absolute Gasteiger partial charge is 0.222 e. The Labute approximate surface area is 79.4 Å². The minimum Gasteiger partial charge on any atom is -0.346 e. The van der Waals surface area contributed by atoms with E-state index in [1.54, 1.807) is 0 Å². The highest BCUT2D eigenvalue weighted by atomic mass is 35.5. The molecule has 0 radical (unpaired) electrons. The Hall–Kier alpha value is -0.710. The molecule has 0 N–H and O–H groups in total. The molecule has 1 aliphatic heterocycles. The molecule has 0 bridgehead atoms. The average molecular weight is 204 g/mol. The van der Waals surface area contributed by atoms with Crippen LogP contribution in [0.5, 0.6) is 0 Å². The lowest BCUT2D eigenvalue weighted by molar-refractivity contribution is -0.0468. The molecule has 1 saturated heterocycles. The lowest BCUT2D eigenvalue weighted by Gasteiger charge is -2.10. The lowest BCUT2D eigenvalue weighted by atomic mass is 10.2. The minimum atomic E-state index is -0.707. The highest BCUT2D eigenvalue weighted by Crippen LogP contribution is 2.30. The molecule has 5 heteroatoms. The molecule has 0 spiro atoms. The Morgan fingerprint density at radius 3 is 2.77 bits per heavy atom. The van der Waals surface area contributed by atoms with Crippen molar-refractivity contribution in [2.24, 2.45) is 0 Å². The van der Waals surface area contributed by atoms with Gasteiger partial charge >= 0.3 is 0 Å². The molecule has 0 unspecified atom stereocenters.